The molecule has 1 heterocycles. The Morgan fingerprint density at radius 2 is 2.00 bits per heavy atom. The summed E-state index contributed by atoms with van der Waals surface area (Å²) >= 11 is 1.19. The Kier molecular flexibility index (Phi) is 7.38. The van der Waals surface area contributed by atoms with Gasteiger partial charge in [-0.05, 0) is 25.5 Å². The van der Waals surface area contributed by atoms with Crippen molar-refractivity contribution < 1.29 is 14.3 Å². The molecule has 1 aromatic heterocycles. The van der Waals surface area contributed by atoms with E-state index in [9.17, 15) is 14.9 Å². The molecule has 6 nitrogen and oxygen atoms in total. The molecule has 0 aliphatic carbocycles. The van der Waals surface area contributed by atoms with E-state index in [-0.39, 0.29) is 29.4 Å². The fraction of sp³-hybridized carbons (Fsp3) is 0.300. The SMILES string of the molecule is CCOC(=O)c1cc(C#N)c(SCC(=O)N(C)Cc2ccccc2)nc1C. The highest BCUT2D eigenvalue weighted by Crippen LogP contribution is 2.23. The van der Waals surface area contributed by atoms with E-state index in [0.29, 0.717) is 17.3 Å². The molecule has 0 spiro atoms. The predicted molar refractivity (Wildman–Crippen MR) is 103 cm³/mol. The average Bonchev–Trinajstić information content (AvgIpc) is 2.67. The number of thioether (sulfide) groups is 1. The molecule has 0 N–H and O–H groups in total. The highest BCUT2D eigenvalue weighted by atomic mass is 32.2. The molecule has 0 saturated heterocycles. The van der Waals surface area contributed by atoms with Gasteiger partial charge in [-0.1, -0.05) is 42.1 Å². The zero-order valence-electron chi connectivity index (χ0n) is 15.6. The molecule has 0 radical (unpaired) electrons. The van der Waals surface area contributed by atoms with Crippen LogP contribution in [0.5, 0.6) is 0 Å². The molecule has 0 bridgehead atoms. The zero-order valence-corrected chi connectivity index (χ0v) is 16.4. The Hall–Kier alpha value is -2.85. The molecule has 140 valence electrons. The van der Waals surface area contributed by atoms with E-state index in [1.807, 2.05) is 36.4 Å². The fourth-order valence-electron chi connectivity index (χ4n) is 2.37. The Morgan fingerprint density at radius 1 is 1.30 bits per heavy atom. The summed E-state index contributed by atoms with van der Waals surface area (Å²) in [5.74, 6) is -0.417. The Bertz CT molecular complexity index is 863. The second-order valence-corrected chi connectivity index (χ2v) is 6.79. The Morgan fingerprint density at radius 3 is 2.63 bits per heavy atom. The van der Waals surface area contributed by atoms with Crippen molar-refractivity contribution in [2.45, 2.75) is 25.4 Å². The monoisotopic (exact) mass is 383 g/mol. The number of benzene rings is 1. The van der Waals surface area contributed by atoms with E-state index in [2.05, 4.69) is 4.98 Å². The van der Waals surface area contributed by atoms with Gasteiger partial charge in [0.25, 0.3) is 0 Å². The van der Waals surface area contributed by atoms with Gasteiger partial charge in [-0.3, -0.25) is 4.79 Å². The lowest BCUT2D eigenvalue weighted by atomic mass is 10.1. The minimum Gasteiger partial charge on any atom is -0.462 e. The maximum atomic E-state index is 12.4. The highest BCUT2D eigenvalue weighted by Gasteiger charge is 2.18. The van der Waals surface area contributed by atoms with Crippen LogP contribution in [0.4, 0.5) is 0 Å². The van der Waals surface area contributed by atoms with Crippen LogP contribution in [0.1, 0.15) is 34.1 Å². The largest absolute Gasteiger partial charge is 0.462 e. The van der Waals surface area contributed by atoms with Crippen molar-refractivity contribution in [2.24, 2.45) is 0 Å². The molecule has 0 aliphatic rings. The molecule has 2 aromatic rings. The van der Waals surface area contributed by atoms with Gasteiger partial charge in [-0.2, -0.15) is 5.26 Å². The average molecular weight is 383 g/mol. The number of pyridine rings is 1. The maximum Gasteiger partial charge on any atom is 0.340 e. The van der Waals surface area contributed by atoms with Crippen LogP contribution in [0.25, 0.3) is 0 Å². The third kappa shape index (κ3) is 5.56. The number of esters is 1. The lowest BCUT2D eigenvalue weighted by Gasteiger charge is -2.17. The number of rotatable bonds is 7. The Balaban J connectivity index is 2.06. The lowest BCUT2D eigenvalue weighted by molar-refractivity contribution is -0.127. The second kappa shape index (κ2) is 9.74. The van der Waals surface area contributed by atoms with E-state index in [0.717, 1.165) is 5.56 Å². The quantitative estimate of drug-likeness (QED) is 0.539. The van der Waals surface area contributed by atoms with Gasteiger partial charge in [0.1, 0.15) is 11.1 Å². The standard InChI is InChI=1S/C20H21N3O3S/c1-4-26-20(25)17-10-16(11-21)19(22-14(17)2)27-13-18(24)23(3)12-15-8-6-5-7-9-15/h5-10H,4,12-13H2,1-3H3. The number of carbonyl (C=O) groups is 2. The summed E-state index contributed by atoms with van der Waals surface area (Å²) in [5.41, 5.74) is 2.04. The van der Waals surface area contributed by atoms with E-state index in [1.165, 1.54) is 17.8 Å². The number of ether oxygens (including phenoxy) is 1. The van der Waals surface area contributed by atoms with Gasteiger partial charge in [-0.15, -0.1) is 0 Å². The molecular weight excluding hydrogens is 362 g/mol. The summed E-state index contributed by atoms with van der Waals surface area (Å²) in [6.45, 7) is 4.16. The Labute approximate surface area is 163 Å². The molecule has 0 atom stereocenters. The summed E-state index contributed by atoms with van der Waals surface area (Å²) in [4.78, 5) is 30.3. The van der Waals surface area contributed by atoms with Crippen molar-refractivity contribution in [2.75, 3.05) is 19.4 Å². The first-order valence-electron chi connectivity index (χ1n) is 8.45. The van der Waals surface area contributed by atoms with Crippen LogP contribution in [-0.4, -0.2) is 41.2 Å². The number of amides is 1. The smallest absolute Gasteiger partial charge is 0.340 e. The van der Waals surface area contributed by atoms with Crippen molar-refractivity contribution in [3.8, 4) is 6.07 Å². The van der Waals surface area contributed by atoms with E-state index in [1.54, 1.807) is 25.8 Å². The summed E-state index contributed by atoms with van der Waals surface area (Å²) in [6.07, 6.45) is 0. The zero-order chi connectivity index (χ0) is 19.8. The normalized spacial score (nSPS) is 10.1. The molecule has 1 amide bonds. The lowest BCUT2D eigenvalue weighted by Crippen LogP contribution is -2.27. The maximum absolute atomic E-state index is 12.4. The first-order valence-corrected chi connectivity index (χ1v) is 9.44. The van der Waals surface area contributed by atoms with Crippen molar-refractivity contribution in [3.05, 3.63) is 58.8 Å². The van der Waals surface area contributed by atoms with Crippen LogP contribution >= 0.6 is 11.8 Å². The first-order chi connectivity index (χ1) is 13.0. The van der Waals surface area contributed by atoms with E-state index >= 15 is 0 Å². The third-order valence-electron chi connectivity index (χ3n) is 3.81. The molecule has 27 heavy (non-hydrogen) atoms. The van der Waals surface area contributed by atoms with E-state index in [4.69, 9.17) is 4.74 Å². The van der Waals surface area contributed by atoms with Gasteiger partial charge >= 0.3 is 5.97 Å². The van der Waals surface area contributed by atoms with Crippen molar-refractivity contribution in [1.29, 1.82) is 5.26 Å². The van der Waals surface area contributed by atoms with Gasteiger partial charge in [0.2, 0.25) is 5.91 Å². The number of aromatic nitrogens is 1. The number of aryl methyl sites for hydroxylation is 1. The van der Waals surface area contributed by atoms with Crippen LogP contribution in [0.3, 0.4) is 0 Å². The molecule has 0 saturated carbocycles. The van der Waals surface area contributed by atoms with Gasteiger partial charge in [0, 0.05) is 13.6 Å². The third-order valence-corrected chi connectivity index (χ3v) is 4.79. The molecular formula is C20H21N3O3S. The molecule has 7 heteroatoms. The number of hydrogen-bond donors (Lipinski definition) is 0. The minimum atomic E-state index is -0.505. The predicted octanol–water partition coefficient (Wildman–Crippen LogP) is 3.19. The first kappa shape index (κ1) is 20.5. The molecule has 1 aromatic carbocycles. The minimum absolute atomic E-state index is 0.0679. The fourth-order valence-corrected chi connectivity index (χ4v) is 3.32. The van der Waals surface area contributed by atoms with Crippen LogP contribution in [0.2, 0.25) is 0 Å². The molecule has 0 unspecified atom stereocenters. The number of nitriles is 1. The summed E-state index contributed by atoms with van der Waals surface area (Å²) in [6, 6.07) is 13.2. The highest BCUT2D eigenvalue weighted by molar-refractivity contribution is 7.99. The molecule has 0 fully saturated rings. The molecule has 0 aliphatic heterocycles. The number of hydrogen-bond acceptors (Lipinski definition) is 6. The topological polar surface area (TPSA) is 83.3 Å². The second-order valence-electron chi connectivity index (χ2n) is 5.83. The van der Waals surface area contributed by atoms with E-state index < -0.39 is 5.97 Å². The van der Waals surface area contributed by atoms with Crippen molar-refractivity contribution in [1.82, 2.24) is 9.88 Å². The van der Waals surface area contributed by atoms with Crippen LogP contribution in [0.15, 0.2) is 41.4 Å². The summed E-state index contributed by atoms with van der Waals surface area (Å²) in [7, 11) is 1.74. The number of nitrogens with zero attached hydrogens (tertiary/aromatic N) is 3. The van der Waals surface area contributed by atoms with Crippen molar-refractivity contribution in [3.63, 3.8) is 0 Å². The van der Waals surface area contributed by atoms with Gasteiger partial charge in [0.15, 0.2) is 0 Å². The number of carbonyl (C=O) groups excluding carboxylic acids is 2. The van der Waals surface area contributed by atoms with Crippen LogP contribution in [-0.2, 0) is 16.1 Å². The summed E-state index contributed by atoms with van der Waals surface area (Å²) in [5, 5.41) is 9.80. The van der Waals surface area contributed by atoms with Gasteiger partial charge in [-0.25, -0.2) is 9.78 Å². The molecule has 2 rings (SSSR count). The van der Waals surface area contributed by atoms with Crippen molar-refractivity contribution >= 4 is 23.6 Å². The summed E-state index contributed by atoms with van der Waals surface area (Å²) < 4.78 is 4.98. The van der Waals surface area contributed by atoms with Crippen LogP contribution in [0, 0.1) is 18.3 Å². The van der Waals surface area contributed by atoms with Gasteiger partial charge < -0.3 is 9.64 Å². The van der Waals surface area contributed by atoms with Crippen LogP contribution < -0.4 is 0 Å². The van der Waals surface area contributed by atoms with Gasteiger partial charge in [0.05, 0.1) is 29.2 Å².